The molecule has 21 heavy (non-hydrogen) atoms. The van der Waals surface area contributed by atoms with Gasteiger partial charge in [0.2, 0.25) is 0 Å². The van der Waals surface area contributed by atoms with Gasteiger partial charge in [0.15, 0.2) is 0 Å². The van der Waals surface area contributed by atoms with Crippen LogP contribution in [0.4, 0.5) is 11.6 Å². The van der Waals surface area contributed by atoms with Gasteiger partial charge in [-0.1, -0.05) is 34.6 Å². The molecule has 4 heteroatoms. The minimum atomic E-state index is -0.0440. The maximum absolute atomic E-state index is 4.73. The van der Waals surface area contributed by atoms with Crippen LogP contribution in [-0.2, 0) is 5.41 Å². The van der Waals surface area contributed by atoms with Crippen molar-refractivity contribution in [3.8, 4) is 0 Å². The molecular weight excluding hydrogens is 260 g/mol. The normalized spacial score (nSPS) is 26.5. The Hall–Kier alpha value is -1.32. The molecule has 0 bridgehead atoms. The molecular formula is C17H30N4. The van der Waals surface area contributed by atoms with Gasteiger partial charge in [0.05, 0.1) is 0 Å². The average molecular weight is 290 g/mol. The molecule has 0 amide bonds. The summed E-state index contributed by atoms with van der Waals surface area (Å²) >= 11 is 0. The van der Waals surface area contributed by atoms with Crippen LogP contribution in [0.5, 0.6) is 0 Å². The summed E-state index contributed by atoms with van der Waals surface area (Å²) in [7, 11) is 1.91. The zero-order chi connectivity index (χ0) is 15.6. The van der Waals surface area contributed by atoms with Crippen LogP contribution < -0.4 is 10.6 Å². The SMILES string of the molecule is CNc1cc(NC2CCC(C)C(C)C2)nc(C(C)(C)C)n1. The van der Waals surface area contributed by atoms with Crippen molar-refractivity contribution in [2.45, 2.75) is 65.3 Å². The highest BCUT2D eigenvalue weighted by molar-refractivity contribution is 5.48. The first-order chi connectivity index (χ1) is 9.79. The Labute approximate surface area is 129 Å². The minimum Gasteiger partial charge on any atom is -0.373 e. The van der Waals surface area contributed by atoms with Crippen LogP contribution in [-0.4, -0.2) is 23.1 Å². The molecule has 1 aromatic rings. The second-order valence-corrected chi connectivity index (χ2v) is 7.57. The standard InChI is InChI=1S/C17H30N4/c1-11-7-8-13(9-12(11)2)19-15-10-14(18-6)20-16(21-15)17(3,4)5/h10-13H,7-9H2,1-6H3,(H2,18,19,20,21). The zero-order valence-corrected chi connectivity index (χ0v) is 14.3. The molecule has 3 atom stereocenters. The Bertz CT molecular complexity index is 478. The Kier molecular flexibility index (Phi) is 4.74. The van der Waals surface area contributed by atoms with E-state index in [1.807, 2.05) is 13.1 Å². The van der Waals surface area contributed by atoms with E-state index < -0.39 is 0 Å². The first kappa shape index (κ1) is 16.1. The number of aromatic nitrogens is 2. The molecule has 0 aromatic carbocycles. The van der Waals surface area contributed by atoms with Crippen molar-refractivity contribution in [3.05, 3.63) is 11.9 Å². The van der Waals surface area contributed by atoms with E-state index in [0.29, 0.717) is 6.04 Å². The third-order valence-electron chi connectivity index (χ3n) is 4.60. The van der Waals surface area contributed by atoms with E-state index >= 15 is 0 Å². The van der Waals surface area contributed by atoms with Gasteiger partial charge >= 0.3 is 0 Å². The molecule has 0 radical (unpaired) electrons. The number of nitrogens with one attached hydrogen (secondary N) is 2. The molecule has 1 aliphatic carbocycles. The average Bonchev–Trinajstić information content (AvgIpc) is 2.41. The predicted octanol–water partition coefficient (Wildman–Crippen LogP) is 4.05. The molecule has 3 unspecified atom stereocenters. The van der Waals surface area contributed by atoms with E-state index in [1.165, 1.54) is 19.3 Å². The Balaban J connectivity index is 2.16. The number of hydrogen-bond donors (Lipinski definition) is 2. The highest BCUT2D eigenvalue weighted by atomic mass is 15.1. The van der Waals surface area contributed by atoms with Crippen molar-refractivity contribution >= 4 is 11.6 Å². The third kappa shape index (κ3) is 4.08. The van der Waals surface area contributed by atoms with Crippen molar-refractivity contribution in [1.82, 2.24) is 9.97 Å². The molecule has 1 fully saturated rings. The Morgan fingerprint density at radius 3 is 2.29 bits per heavy atom. The van der Waals surface area contributed by atoms with Crippen molar-refractivity contribution in [2.24, 2.45) is 11.8 Å². The van der Waals surface area contributed by atoms with Crippen LogP contribution in [0.15, 0.2) is 6.07 Å². The number of nitrogens with zero attached hydrogens (tertiary/aromatic N) is 2. The van der Waals surface area contributed by atoms with Gasteiger partial charge in [-0.25, -0.2) is 9.97 Å². The van der Waals surface area contributed by atoms with E-state index in [4.69, 9.17) is 4.98 Å². The topological polar surface area (TPSA) is 49.8 Å². The van der Waals surface area contributed by atoms with Gasteiger partial charge in [0.25, 0.3) is 0 Å². The Morgan fingerprint density at radius 2 is 1.71 bits per heavy atom. The van der Waals surface area contributed by atoms with Crippen LogP contribution >= 0.6 is 0 Å². The summed E-state index contributed by atoms with van der Waals surface area (Å²) in [6.45, 7) is 11.2. The maximum Gasteiger partial charge on any atom is 0.138 e. The van der Waals surface area contributed by atoms with Crippen LogP contribution in [0.25, 0.3) is 0 Å². The van der Waals surface area contributed by atoms with E-state index in [2.05, 4.69) is 50.2 Å². The predicted molar refractivity (Wildman–Crippen MR) is 89.9 cm³/mol. The van der Waals surface area contributed by atoms with Gasteiger partial charge in [0, 0.05) is 24.6 Å². The largest absolute Gasteiger partial charge is 0.373 e. The summed E-state index contributed by atoms with van der Waals surface area (Å²) in [5.41, 5.74) is -0.0440. The van der Waals surface area contributed by atoms with Crippen molar-refractivity contribution in [1.29, 1.82) is 0 Å². The fourth-order valence-corrected chi connectivity index (χ4v) is 2.87. The lowest BCUT2D eigenvalue weighted by Crippen LogP contribution is -2.31. The summed E-state index contributed by atoms with van der Waals surface area (Å²) in [4.78, 5) is 9.31. The summed E-state index contributed by atoms with van der Waals surface area (Å²) in [5, 5.41) is 6.77. The molecule has 0 aliphatic heterocycles. The molecule has 1 heterocycles. The van der Waals surface area contributed by atoms with Gasteiger partial charge in [0.1, 0.15) is 17.5 Å². The summed E-state index contributed by atoms with van der Waals surface area (Å²) in [6, 6.07) is 2.54. The van der Waals surface area contributed by atoms with Gasteiger partial charge in [-0.15, -0.1) is 0 Å². The lowest BCUT2D eigenvalue weighted by molar-refractivity contribution is 0.260. The van der Waals surface area contributed by atoms with Crippen molar-refractivity contribution in [3.63, 3.8) is 0 Å². The van der Waals surface area contributed by atoms with Gasteiger partial charge in [-0.2, -0.15) is 0 Å². The smallest absolute Gasteiger partial charge is 0.138 e. The van der Waals surface area contributed by atoms with E-state index in [1.54, 1.807) is 0 Å². The highest BCUT2D eigenvalue weighted by Gasteiger charge is 2.25. The van der Waals surface area contributed by atoms with Crippen molar-refractivity contribution < 1.29 is 0 Å². The second kappa shape index (κ2) is 6.20. The first-order valence-electron chi connectivity index (χ1n) is 8.13. The molecule has 0 spiro atoms. The molecule has 4 nitrogen and oxygen atoms in total. The number of hydrogen-bond acceptors (Lipinski definition) is 4. The lowest BCUT2D eigenvalue weighted by Gasteiger charge is -2.33. The highest BCUT2D eigenvalue weighted by Crippen LogP contribution is 2.31. The van der Waals surface area contributed by atoms with Gasteiger partial charge in [-0.3, -0.25) is 0 Å². The number of anilines is 2. The number of rotatable bonds is 3. The van der Waals surface area contributed by atoms with Gasteiger partial charge in [-0.05, 0) is 31.1 Å². The molecule has 118 valence electrons. The quantitative estimate of drug-likeness (QED) is 0.881. The zero-order valence-electron chi connectivity index (χ0n) is 14.3. The molecule has 1 saturated carbocycles. The van der Waals surface area contributed by atoms with Crippen molar-refractivity contribution in [2.75, 3.05) is 17.7 Å². The van der Waals surface area contributed by atoms with Crippen LogP contribution in [0.3, 0.4) is 0 Å². The van der Waals surface area contributed by atoms with E-state index in [9.17, 15) is 0 Å². The molecule has 2 N–H and O–H groups in total. The minimum absolute atomic E-state index is 0.0440. The lowest BCUT2D eigenvalue weighted by atomic mass is 9.79. The maximum atomic E-state index is 4.73. The third-order valence-corrected chi connectivity index (χ3v) is 4.60. The van der Waals surface area contributed by atoms with Crippen LogP contribution in [0.2, 0.25) is 0 Å². The van der Waals surface area contributed by atoms with E-state index in [-0.39, 0.29) is 5.41 Å². The molecule has 1 aliphatic rings. The summed E-state index contributed by atoms with van der Waals surface area (Å²) in [6.07, 6.45) is 3.76. The first-order valence-corrected chi connectivity index (χ1v) is 8.13. The molecule has 2 rings (SSSR count). The monoisotopic (exact) mass is 290 g/mol. The molecule has 0 saturated heterocycles. The summed E-state index contributed by atoms with van der Waals surface area (Å²) < 4.78 is 0. The molecule has 1 aromatic heterocycles. The van der Waals surface area contributed by atoms with E-state index in [0.717, 1.165) is 29.3 Å². The fraction of sp³-hybridized carbons (Fsp3) is 0.765. The Morgan fingerprint density at radius 1 is 1.05 bits per heavy atom. The summed E-state index contributed by atoms with van der Waals surface area (Å²) in [5.74, 6) is 4.34. The fourth-order valence-electron chi connectivity index (χ4n) is 2.87. The second-order valence-electron chi connectivity index (χ2n) is 7.57. The van der Waals surface area contributed by atoms with Gasteiger partial charge < -0.3 is 10.6 Å². The van der Waals surface area contributed by atoms with Crippen LogP contribution in [0.1, 0.15) is 59.7 Å². The van der Waals surface area contributed by atoms with Crippen LogP contribution in [0, 0.1) is 11.8 Å².